The van der Waals surface area contributed by atoms with Crippen LogP contribution in [-0.4, -0.2) is 66.3 Å². The number of nitrogens with one attached hydrogen (secondary N) is 1. The van der Waals surface area contributed by atoms with Crippen molar-refractivity contribution in [3.63, 3.8) is 0 Å². The standard InChI is InChI=1S/C25H27F3N6O5/c1-37-24(18-3-5-19(6-4-18)39-25(26,27)28)9-12-32(13-10-24)20-7-2-17(14-29-20)15-30-21-16-31-23-33(21)11-8-22(38-23)34(35)36/h2-8,11,14,21-22,30H,9-10,12-13,15-16H2,1H3/t21?,22-/m0/s1. The van der Waals surface area contributed by atoms with E-state index in [2.05, 4.69) is 24.9 Å². The average molecular weight is 549 g/mol. The summed E-state index contributed by atoms with van der Waals surface area (Å²) in [7, 11) is 1.61. The van der Waals surface area contributed by atoms with Crippen molar-refractivity contribution in [2.45, 2.75) is 43.7 Å². The number of rotatable bonds is 8. The number of alkyl halides is 3. The van der Waals surface area contributed by atoms with Gasteiger partial charge in [0.05, 0.1) is 17.1 Å². The molecule has 39 heavy (non-hydrogen) atoms. The summed E-state index contributed by atoms with van der Waals surface area (Å²) in [5.74, 6) is 0.556. The maximum absolute atomic E-state index is 12.5. The highest BCUT2D eigenvalue weighted by Gasteiger charge is 2.38. The van der Waals surface area contributed by atoms with Gasteiger partial charge in [-0.25, -0.2) is 9.98 Å². The molecule has 3 aliphatic rings. The Morgan fingerprint density at radius 1 is 1.21 bits per heavy atom. The first-order valence-electron chi connectivity index (χ1n) is 12.3. The van der Waals surface area contributed by atoms with Crippen LogP contribution in [0.1, 0.15) is 24.0 Å². The number of halogens is 3. The third kappa shape index (κ3) is 5.91. The van der Waals surface area contributed by atoms with Crippen LogP contribution in [0.3, 0.4) is 0 Å². The minimum Gasteiger partial charge on any atom is -0.406 e. The number of amidine groups is 1. The van der Waals surface area contributed by atoms with Crippen LogP contribution in [-0.2, 0) is 21.6 Å². The molecule has 1 fully saturated rings. The van der Waals surface area contributed by atoms with E-state index in [9.17, 15) is 23.3 Å². The largest absolute Gasteiger partial charge is 0.573 e. The summed E-state index contributed by atoms with van der Waals surface area (Å²) in [6.45, 7) is 2.25. The van der Waals surface area contributed by atoms with E-state index < -0.39 is 23.1 Å². The van der Waals surface area contributed by atoms with Gasteiger partial charge >= 0.3 is 12.6 Å². The summed E-state index contributed by atoms with van der Waals surface area (Å²) in [5.41, 5.74) is 1.16. The maximum Gasteiger partial charge on any atom is 0.573 e. The lowest BCUT2D eigenvalue weighted by Crippen LogP contribution is -2.46. The van der Waals surface area contributed by atoms with Crippen molar-refractivity contribution in [3.05, 3.63) is 76.1 Å². The molecule has 1 aromatic carbocycles. The number of pyridine rings is 1. The van der Waals surface area contributed by atoms with E-state index in [0.717, 1.165) is 16.9 Å². The van der Waals surface area contributed by atoms with Gasteiger partial charge in [0.1, 0.15) is 17.7 Å². The van der Waals surface area contributed by atoms with Gasteiger partial charge in [-0.15, -0.1) is 13.2 Å². The van der Waals surface area contributed by atoms with E-state index in [4.69, 9.17) is 9.47 Å². The van der Waals surface area contributed by atoms with Crippen LogP contribution in [0.25, 0.3) is 0 Å². The maximum atomic E-state index is 12.5. The Morgan fingerprint density at radius 2 is 1.95 bits per heavy atom. The molecule has 0 bridgehead atoms. The Kier molecular flexibility index (Phi) is 7.32. The van der Waals surface area contributed by atoms with Crippen LogP contribution < -0.4 is 15.0 Å². The minimum absolute atomic E-state index is 0.179. The molecule has 208 valence electrons. The number of aliphatic imine (C=N–C) groups is 1. The van der Waals surface area contributed by atoms with E-state index in [1.807, 2.05) is 12.1 Å². The lowest BCUT2D eigenvalue weighted by molar-refractivity contribution is -0.552. The van der Waals surface area contributed by atoms with Crippen LogP contribution in [0.5, 0.6) is 5.75 Å². The summed E-state index contributed by atoms with van der Waals surface area (Å²) in [6.07, 6.45) is -0.0704. The predicted octanol–water partition coefficient (Wildman–Crippen LogP) is 3.36. The Morgan fingerprint density at radius 3 is 2.56 bits per heavy atom. The van der Waals surface area contributed by atoms with E-state index in [1.165, 1.54) is 18.2 Å². The molecule has 1 aromatic heterocycles. The number of fused-ring (bicyclic) bond motifs is 1. The van der Waals surface area contributed by atoms with Crippen molar-refractivity contribution in [1.82, 2.24) is 15.2 Å². The first-order valence-corrected chi connectivity index (χ1v) is 12.3. The summed E-state index contributed by atoms with van der Waals surface area (Å²) in [6, 6.07) is 10.0. The number of aromatic nitrogens is 1. The summed E-state index contributed by atoms with van der Waals surface area (Å²) < 4.78 is 52.6. The normalized spacial score (nSPS) is 22.2. The molecule has 11 nitrogen and oxygen atoms in total. The first kappa shape index (κ1) is 26.7. The predicted molar refractivity (Wildman–Crippen MR) is 133 cm³/mol. The van der Waals surface area contributed by atoms with Crippen LogP contribution in [0.2, 0.25) is 0 Å². The highest BCUT2D eigenvalue weighted by Crippen LogP contribution is 2.38. The van der Waals surface area contributed by atoms with Crippen LogP contribution in [0.15, 0.2) is 59.9 Å². The molecule has 0 amide bonds. The second-order valence-corrected chi connectivity index (χ2v) is 9.34. The highest BCUT2D eigenvalue weighted by atomic mass is 19.4. The van der Waals surface area contributed by atoms with Crippen molar-refractivity contribution in [1.29, 1.82) is 0 Å². The summed E-state index contributed by atoms with van der Waals surface area (Å²) >= 11 is 0. The second kappa shape index (κ2) is 10.7. The van der Waals surface area contributed by atoms with Crippen LogP contribution in [0.4, 0.5) is 19.0 Å². The molecule has 0 radical (unpaired) electrons. The van der Waals surface area contributed by atoms with Crippen molar-refractivity contribution in [2.24, 2.45) is 4.99 Å². The van der Waals surface area contributed by atoms with E-state index in [0.29, 0.717) is 39.0 Å². The quantitative estimate of drug-likeness (QED) is 0.392. The molecule has 5 rings (SSSR count). The molecule has 1 unspecified atom stereocenters. The second-order valence-electron chi connectivity index (χ2n) is 9.34. The topological polar surface area (TPSA) is 115 Å². The van der Waals surface area contributed by atoms with E-state index >= 15 is 0 Å². The average Bonchev–Trinajstić information content (AvgIpc) is 3.34. The lowest BCUT2D eigenvalue weighted by atomic mass is 9.84. The van der Waals surface area contributed by atoms with E-state index in [1.54, 1.807) is 36.5 Å². The molecular formula is C25H27F3N6O5. The van der Waals surface area contributed by atoms with Crippen molar-refractivity contribution in [3.8, 4) is 5.75 Å². The number of piperidine rings is 1. The molecule has 4 heterocycles. The fourth-order valence-electron chi connectivity index (χ4n) is 4.94. The molecule has 2 atom stereocenters. The molecular weight excluding hydrogens is 521 g/mol. The molecule has 14 heteroatoms. The van der Waals surface area contributed by atoms with Crippen molar-refractivity contribution < 1.29 is 32.3 Å². The summed E-state index contributed by atoms with van der Waals surface area (Å²) in [5, 5.41) is 14.3. The Labute approximate surface area is 222 Å². The zero-order valence-corrected chi connectivity index (χ0v) is 21.0. The third-order valence-electron chi connectivity index (χ3n) is 7.05. The molecule has 0 spiro atoms. The lowest BCUT2D eigenvalue weighted by Gasteiger charge is -2.41. The third-order valence-corrected chi connectivity index (χ3v) is 7.05. The van der Waals surface area contributed by atoms with E-state index in [-0.39, 0.29) is 17.9 Å². The van der Waals surface area contributed by atoms with Gasteiger partial charge in [-0.3, -0.25) is 20.3 Å². The number of nitro groups is 1. The Balaban J connectivity index is 1.14. The van der Waals surface area contributed by atoms with Crippen molar-refractivity contribution in [2.75, 3.05) is 31.6 Å². The number of nitrogens with zero attached hydrogens (tertiary/aromatic N) is 5. The Bertz CT molecular complexity index is 1230. The van der Waals surface area contributed by atoms with Gasteiger partial charge in [-0.2, -0.15) is 0 Å². The first-order chi connectivity index (χ1) is 18.7. The zero-order chi connectivity index (χ0) is 27.6. The zero-order valence-electron chi connectivity index (χ0n) is 21.0. The molecule has 2 aromatic rings. The smallest absolute Gasteiger partial charge is 0.406 e. The number of benzene rings is 1. The van der Waals surface area contributed by atoms with Gasteiger partial charge in [-0.05, 0) is 42.2 Å². The van der Waals surface area contributed by atoms with Crippen molar-refractivity contribution >= 4 is 11.8 Å². The van der Waals surface area contributed by atoms with Gasteiger partial charge in [0, 0.05) is 45.2 Å². The monoisotopic (exact) mass is 548 g/mol. The molecule has 1 N–H and O–H groups in total. The molecule has 0 saturated carbocycles. The van der Waals surface area contributed by atoms with Crippen LogP contribution in [0, 0.1) is 10.1 Å². The van der Waals surface area contributed by atoms with Gasteiger partial charge < -0.3 is 19.1 Å². The number of hydrogen-bond acceptors (Lipinski definition) is 10. The van der Waals surface area contributed by atoms with Gasteiger partial charge in [0.25, 0.3) is 6.02 Å². The minimum atomic E-state index is -4.73. The number of ether oxygens (including phenoxy) is 3. The van der Waals surface area contributed by atoms with Crippen LogP contribution >= 0.6 is 0 Å². The summed E-state index contributed by atoms with van der Waals surface area (Å²) in [4.78, 5) is 23.1. The SMILES string of the molecule is COC1(c2ccc(OC(F)(F)F)cc2)CCN(c2ccc(CNC3CN=C4O[C@H]([N+](=O)[O-])C=CN43)cn2)CC1. The number of methoxy groups -OCH3 is 1. The van der Waals surface area contributed by atoms with Gasteiger partial charge in [0.15, 0.2) is 0 Å². The molecule has 3 aliphatic heterocycles. The fraction of sp³-hybridized carbons (Fsp3) is 0.440. The Hall–Kier alpha value is -3.91. The number of hydrogen-bond donors (Lipinski definition) is 1. The fourth-order valence-corrected chi connectivity index (χ4v) is 4.94. The number of anilines is 1. The molecule has 1 saturated heterocycles. The highest BCUT2D eigenvalue weighted by molar-refractivity contribution is 5.78. The van der Waals surface area contributed by atoms with Gasteiger partial charge in [-0.1, -0.05) is 18.2 Å². The van der Waals surface area contributed by atoms with Gasteiger partial charge in [0.2, 0.25) is 0 Å². The molecule has 0 aliphatic carbocycles.